The van der Waals surface area contributed by atoms with E-state index in [0.717, 1.165) is 19.6 Å². The van der Waals surface area contributed by atoms with Gasteiger partial charge in [0, 0.05) is 37.3 Å². The maximum absolute atomic E-state index is 5.82. The summed E-state index contributed by atoms with van der Waals surface area (Å²) in [5, 5.41) is 4.65. The summed E-state index contributed by atoms with van der Waals surface area (Å²) in [4.78, 5) is 2.54. The smallest absolute Gasteiger partial charge is 0.0722 e. The lowest BCUT2D eigenvalue weighted by atomic mass is 9.89. The van der Waals surface area contributed by atoms with Gasteiger partial charge in [-0.05, 0) is 31.8 Å². The number of likely N-dealkylation sites (tertiary alicyclic amines) is 1. The van der Waals surface area contributed by atoms with Gasteiger partial charge in [0.15, 0.2) is 0 Å². The third-order valence-corrected chi connectivity index (χ3v) is 3.95. The van der Waals surface area contributed by atoms with Crippen molar-refractivity contribution >= 4 is 0 Å². The highest BCUT2D eigenvalue weighted by molar-refractivity contribution is 5.24. The van der Waals surface area contributed by atoms with Crippen LogP contribution in [0.5, 0.6) is 0 Å². The highest BCUT2D eigenvalue weighted by Gasteiger charge is 2.25. The number of aryl methyl sites for hydroxylation is 1. The normalized spacial score (nSPS) is 21.8. The first-order valence-electron chi connectivity index (χ1n) is 7.35. The van der Waals surface area contributed by atoms with Crippen LogP contribution in [0.1, 0.15) is 44.9 Å². The summed E-state index contributed by atoms with van der Waals surface area (Å²) in [6, 6.07) is 0. The molecule has 1 aromatic heterocycles. The number of rotatable bonds is 3. The molecule has 1 aliphatic heterocycles. The maximum Gasteiger partial charge on any atom is 0.0722 e. The molecule has 0 spiro atoms. The van der Waals surface area contributed by atoms with Gasteiger partial charge in [-0.1, -0.05) is 20.8 Å². The molecule has 0 aliphatic carbocycles. The molecule has 0 aromatic carbocycles. The Morgan fingerprint density at radius 2 is 2.16 bits per heavy atom. The molecule has 19 heavy (non-hydrogen) atoms. The molecule has 108 valence electrons. The van der Waals surface area contributed by atoms with E-state index < -0.39 is 0 Å². The maximum atomic E-state index is 5.82. The first-order valence-corrected chi connectivity index (χ1v) is 7.35. The Kier molecular flexibility index (Phi) is 4.31. The zero-order chi connectivity index (χ0) is 14.0. The van der Waals surface area contributed by atoms with Crippen molar-refractivity contribution in [3.8, 4) is 0 Å². The van der Waals surface area contributed by atoms with Crippen LogP contribution in [0.2, 0.25) is 0 Å². The molecular weight excluding hydrogens is 236 g/mol. The van der Waals surface area contributed by atoms with Gasteiger partial charge >= 0.3 is 0 Å². The summed E-state index contributed by atoms with van der Waals surface area (Å²) in [6.07, 6.45) is 4.73. The third-order valence-electron chi connectivity index (χ3n) is 3.95. The average Bonchev–Trinajstić information content (AvgIpc) is 2.70. The second-order valence-corrected chi connectivity index (χ2v) is 6.91. The predicted octanol–water partition coefficient (Wildman–Crippen LogP) is 1.89. The summed E-state index contributed by atoms with van der Waals surface area (Å²) in [5.41, 5.74) is 8.52. The number of piperidine rings is 1. The Morgan fingerprint density at radius 1 is 1.42 bits per heavy atom. The summed E-state index contributed by atoms with van der Waals surface area (Å²) in [5.74, 6) is 0.670. The summed E-state index contributed by atoms with van der Waals surface area (Å²) < 4.78 is 1.94. The van der Waals surface area contributed by atoms with Gasteiger partial charge in [-0.2, -0.15) is 5.10 Å². The van der Waals surface area contributed by atoms with E-state index in [1.54, 1.807) is 0 Å². The Morgan fingerprint density at radius 3 is 2.79 bits per heavy atom. The number of hydrogen-bond acceptors (Lipinski definition) is 3. The number of hydrogen-bond donors (Lipinski definition) is 1. The number of nitrogens with zero attached hydrogens (tertiary/aromatic N) is 3. The van der Waals surface area contributed by atoms with Crippen molar-refractivity contribution in [2.75, 3.05) is 19.6 Å². The van der Waals surface area contributed by atoms with Crippen molar-refractivity contribution in [2.45, 2.75) is 45.6 Å². The minimum atomic E-state index is 0.111. The first-order chi connectivity index (χ1) is 8.90. The molecule has 1 fully saturated rings. The topological polar surface area (TPSA) is 47.1 Å². The molecule has 4 nitrogen and oxygen atoms in total. The van der Waals surface area contributed by atoms with Crippen LogP contribution in [0, 0.1) is 5.92 Å². The highest BCUT2D eigenvalue weighted by Crippen LogP contribution is 2.26. The standard InChI is InChI=1S/C15H28N4/c1-15(2,3)14-13(10-18(4)17-14)11-19-7-5-6-12(8-16)9-19/h10,12H,5-9,11,16H2,1-4H3. The second kappa shape index (κ2) is 5.63. The van der Waals surface area contributed by atoms with E-state index in [2.05, 4.69) is 37.0 Å². The van der Waals surface area contributed by atoms with Crippen molar-refractivity contribution in [3.63, 3.8) is 0 Å². The Balaban J connectivity index is 2.10. The molecule has 2 heterocycles. The summed E-state index contributed by atoms with van der Waals surface area (Å²) >= 11 is 0. The van der Waals surface area contributed by atoms with Crippen LogP contribution in [0.25, 0.3) is 0 Å². The van der Waals surface area contributed by atoms with Gasteiger partial charge in [0.1, 0.15) is 0 Å². The second-order valence-electron chi connectivity index (χ2n) is 6.91. The Labute approximate surface area is 117 Å². The minimum absolute atomic E-state index is 0.111. The Bertz CT molecular complexity index is 416. The fraction of sp³-hybridized carbons (Fsp3) is 0.800. The molecule has 0 radical (unpaired) electrons. The van der Waals surface area contributed by atoms with E-state index in [-0.39, 0.29) is 5.41 Å². The molecule has 2 rings (SSSR count). The van der Waals surface area contributed by atoms with Crippen LogP contribution in [0.4, 0.5) is 0 Å². The third kappa shape index (κ3) is 3.57. The largest absolute Gasteiger partial charge is 0.330 e. The van der Waals surface area contributed by atoms with E-state index in [1.807, 2.05) is 11.7 Å². The average molecular weight is 264 g/mol. The van der Waals surface area contributed by atoms with Crippen LogP contribution in [0.15, 0.2) is 6.20 Å². The molecule has 0 bridgehead atoms. The minimum Gasteiger partial charge on any atom is -0.330 e. The van der Waals surface area contributed by atoms with E-state index >= 15 is 0 Å². The van der Waals surface area contributed by atoms with E-state index in [1.165, 1.54) is 30.6 Å². The lowest BCUT2D eigenvalue weighted by Gasteiger charge is -2.32. The summed E-state index contributed by atoms with van der Waals surface area (Å²) in [7, 11) is 2.01. The van der Waals surface area contributed by atoms with Gasteiger partial charge < -0.3 is 5.73 Å². The van der Waals surface area contributed by atoms with Crippen LogP contribution in [0.3, 0.4) is 0 Å². The van der Waals surface area contributed by atoms with Gasteiger partial charge in [0.05, 0.1) is 5.69 Å². The van der Waals surface area contributed by atoms with Crippen LogP contribution >= 0.6 is 0 Å². The molecule has 1 saturated heterocycles. The molecule has 1 unspecified atom stereocenters. The van der Waals surface area contributed by atoms with Gasteiger partial charge in [0.2, 0.25) is 0 Å². The van der Waals surface area contributed by atoms with Gasteiger partial charge in [-0.15, -0.1) is 0 Å². The molecule has 0 amide bonds. The molecule has 1 aromatic rings. The fourth-order valence-corrected chi connectivity index (χ4v) is 3.01. The molecule has 0 saturated carbocycles. The van der Waals surface area contributed by atoms with Crippen LogP contribution < -0.4 is 5.73 Å². The SMILES string of the molecule is Cn1cc(CN2CCCC(CN)C2)c(C(C)(C)C)n1. The zero-order valence-electron chi connectivity index (χ0n) is 12.8. The molecule has 1 atom stereocenters. The van der Waals surface area contributed by atoms with Gasteiger partial charge in [0.25, 0.3) is 0 Å². The quantitative estimate of drug-likeness (QED) is 0.907. The first kappa shape index (κ1) is 14.5. The number of nitrogens with two attached hydrogens (primary N) is 1. The van der Waals surface area contributed by atoms with E-state index in [9.17, 15) is 0 Å². The molecule has 1 aliphatic rings. The van der Waals surface area contributed by atoms with Crippen molar-refractivity contribution in [1.29, 1.82) is 0 Å². The van der Waals surface area contributed by atoms with Gasteiger partial charge in [-0.25, -0.2) is 0 Å². The van der Waals surface area contributed by atoms with Crippen LogP contribution in [-0.4, -0.2) is 34.3 Å². The van der Waals surface area contributed by atoms with E-state index in [4.69, 9.17) is 5.73 Å². The summed E-state index contributed by atoms with van der Waals surface area (Å²) in [6.45, 7) is 10.9. The highest BCUT2D eigenvalue weighted by atomic mass is 15.3. The van der Waals surface area contributed by atoms with Gasteiger partial charge in [-0.3, -0.25) is 9.58 Å². The van der Waals surface area contributed by atoms with Crippen molar-refractivity contribution < 1.29 is 0 Å². The van der Waals surface area contributed by atoms with Crippen LogP contribution in [-0.2, 0) is 19.0 Å². The monoisotopic (exact) mass is 264 g/mol. The van der Waals surface area contributed by atoms with Crippen molar-refractivity contribution in [1.82, 2.24) is 14.7 Å². The molecule has 4 heteroatoms. The lowest BCUT2D eigenvalue weighted by molar-refractivity contribution is 0.170. The molecule has 2 N–H and O–H groups in total. The Hall–Kier alpha value is -0.870. The van der Waals surface area contributed by atoms with Crippen molar-refractivity contribution in [3.05, 3.63) is 17.5 Å². The van der Waals surface area contributed by atoms with E-state index in [0.29, 0.717) is 5.92 Å². The van der Waals surface area contributed by atoms with Crippen molar-refractivity contribution in [2.24, 2.45) is 18.7 Å². The lowest BCUT2D eigenvalue weighted by Crippen LogP contribution is -2.38. The predicted molar refractivity (Wildman–Crippen MR) is 79.0 cm³/mol. The fourth-order valence-electron chi connectivity index (χ4n) is 3.01. The number of aromatic nitrogens is 2. The zero-order valence-corrected chi connectivity index (χ0v) is 12.8. The molecular formula is C15H28N4.